The van der Waals surface area contributed by atoms with E-state index in [0.29, 0.717) is 15.6 Å². The van der Waals surface area contributed by atoms with Crippen LogP contribution in [0, 0.1) is 5.41 Å². The number of hydrogen-bond acceptors (Lipinski definition) is 5. The number of nitrogens with two attached hydrogens (primary N) is 1. The predicted octanol–water partition coefficient (Wildman–Crippen LogP) is 3.11. The van der Waals surface area contributed by atoms with Crippen molar-refractivity contribution in [3.05, 3.63) is 53.4 Å². The standard InChI is InChI=1S/C14H10ClN5S/c15-11-9(12(16)17)5-6-18-14(11)21-13-8-3-1-2-4-10(8)19-7-20-13/h1-7H,(H3,16,17). The summed E-state index contributed by atoms with van der Waals surface area (Å²) in [5.41, 5.74) is 6.82. The van der Waals surface area contributed by atoms with Crippen molar-refractivity contribution in [3.8, 4) is 0 Å². The van der Waals surface area contributed by atoms with Gasteiger partial charge in [0, 0.05) is 17.1 Å². The Hall–Kier alpha value is -2.18. The summed E-state index contributed by atoms with van der Waals surface area (Å²) >= 11 is 7.59. The van der Waals surface area contributed by atoms with Crippen molar-refractivity contribution in [2.24, 2.45) is 5.73 Å². The van der Waals surface area contributed by atoms with Gasteiger partial charge in [0.25, 0.3) is 0 Å². The number of para-hydroxylation sites is 1. The van der Waals surface area contributed by atoms with Gasteiger partial charge in [0.15, 0.2) is 0 Å². The lowest BCUT2D eigenvalue weighted by molar-refractivity contribution is 1.08. The topological polar surface area (TPSA) is 88.5 Å². The molecule has 3 N–H and O–H groups in total. The number of benzene rings is 1. The average Bonchev–Trinajstić information content (AvgIpc) is 2.49. The van der Waals surface area contributed by atoms with Crippen LogP contribution in [0.15, 0.2) is 52.9 Å². The van der Waals surface area contributed by atoms with Gasteiger partial charge in [-0.15, -0.1) is 0 Å². The van der Waals surface area contributed by atoms with Crippen LogP contribution >= 0.6 is 23.4 Å². The van der Waals surface area contributed by atoms with Crippen LogP contribution in [0.2, 0.25) is 5.02 Å². The van der Waals surface area contributed by atoms with Crippen LogP contribution in [0.5, 0.6) is 0 Å². The second-order valence-electron chi connectivity index (χ2n) is 4.19. The van der Waals surface area contributed by atoms with E-state index in [1.807, 2.05) is 24.3 Å². The highest BCUT2D eigenvalue weighted by Crippen LogP contribution is 2.35. The summed E-state index contributed by atoms with van der Waals surface area (Å²) in [7, 11) is 0. The third-order valence-corrected chi connectivity index (χ3v) is 4.36. The van der Waals surface area contributed by atoms with Gasteiger partial charge in [-0.05, 0) is 23.9 Å². The molecule has 3 aromatic rings. The summed E-state index contributed by atoms with van der Waals surface area (Å²) in [6.45, 7) is 0. The molecule has 21 heavy (non-hydrogen) atoms. The molecule has 0 unspecified atom stereocenters. The smallest absolute Gasteiger partial charge is 0.124 e. The van der Waals surface area contributed by atoms with Crippen LogP contribution in [0.1, 0.15) is 5.56 Å². The molecule has 2 heterocycles. The highest BCUT2D eigenvalue weighted by Gasteiger charge is 2.13. The number of nitrogens with zero attached hydrogens (tertiary/aromatic N) is 3. The third kappa shape index (κ3) is 2.68. The molecule has 0 bridgehead atoms. The van der Waals surface area contributed by atoms with E-state index in [4.69, 9.17) is 22.7 Å². The SMILES string of the molecule is N=C(N)c1ccnc(Sc2ncnc3ccccc23)c1Cl. The molecule has 1 aromatic carbocycles. The van der Waals surface area contributed by atoms with Gasteiger partial charge >= 0.3 is 0 Å². The van der Waals surface area contributed by atoms with Crippen molar-refractivity contribution in [2.75, 3.05) is 0 Å². The average molecular weight is 316 g/mol. The molecule has 0 saturated heterocycles. The lowest BCUT2D eigenvalue weighted by atomic mass is 10.2. The van der Waals surface area contributed by atoms with Crippen molar-refractivity contribution in [1.29, 1.82) is 5.41 Å². The Morgan fingerprint density at radius 3 is 2.71 bits per heavy atom. The summed E-state index contributed by atoms with van der Waals surface area (Å²) in [6, 6.07) is 9.33. The van der Waals surface area contributed by atoms with E-state index in [2.05, 4.69) is 15.0 Å². The second kappa shape index (κ2) is 5.67. The first kappa shape index (κ1) is 13.8. The fourth-order valence-electron chi connectivity index (χ4n) is 1.86. The maximum atomic E-state index is 7.51. The molecule has 5 nitrogen and oxygen atoms in total. The van der Waals surface area contributed by atoms with Gasteiger partial charge in [-0.3, -0.25) is 5.41 Å². The molecule has 0 radical (unpaired) electrons. The van der Waals surface area contributed by atoms with E-state index < -0.39 is 0 Å². The zero-order valence-electron chi connectivity index (χ0n) is 10.7. The highest BCUT2D eigenvalue weighted by molar-refractivity contribution is 7.99. The van der Waals surface area contributed by atoms with Crippen LogP contribution < -0.4 is 5.73 Å². The summed E-state index contributed by atoms with van der Waals surface area (Å²) in [5.74, 6) is -0.0863. The molecule has 104 valence electrons. The largest absolute Gasteiger partial charge is 0.384 e. The summed E-state index contributed by atoms with van der Waals surface area (Å²) < 4.78 is 0. The monoisotopic (exact) mass is 315 g/mol. The summed E-state index contributed by atoms with van der Waals surface area (Å²) in [5, 5.41) is 10.1. The number of halogens is 1. The minimum Gasteiger partial charge on any atom is -0.384 e. The zero-order valence-corrected chi connectivity index (χ0v) is 12.3. The highest BCUT2D eigenvalue weighted by atomic mass is 35.5. The first-order chi connectivity index (χ1) is 10.2. The summed E-state index contributed by atoms with van der Waals surface area (Å²) in [4.78, 5) is 12.7. The number of nitrogen functional groups attached to an aromatic ring is 1. The van der Waals surface area contributed by atoms with Crippen LogP contribution in [-0.4, -0.2) is 20.8 Å². The Morgan fingerprint density at radius 2 is 1.90 bits per heavy atom. The van der Waals surface area contributed by atoms with E-state index >= 15 is 0 Å². The minimum atomic E-state index is -0.0863. The molecule has 0 aliphatic heterocycles. The van der Waals surface area contributed by atoms with Crippen LogP contribution in [0.4, 0.5) is 0 Å². The van der Waals surface area contributed by atoms with Crippen molar-refractivity contribution in [2.45, 2.75) is 10.1 Å². The first-order valence-corrected chi connectivity index (χ1v) is 7.23. The van der Waals surface area contributed by atoms with E-state index in [0.717, 1.165) is 15.9 Å². The molecule has 0 fully saturated rings. The maximum absolute atomic E-state index is 7.51. The van der Waals surface area contributed by atoms with Crippen LogP contribution in [0.3, 0.4) is 0 Å². The summed E-state index contributed by atoms with van der Waals surface area (Å²) in [6.07, 6.45) is 3.09. The molecule has 7 heteroatoms. The zero-order chi connectivity index (χ0) is 14.8. The second-order valence-corrected chi connectivity index (χ2v) is 5.54. The lowest BCUT2D eigenvalue weighted by Gasteiger charge is -2.08. The van der Waals surface area contributed by atoms with E-state index in [9.17, 15) is 0 Å². The number of aromatic nitrogens is 3. The van der Waals surface area contributed by atoms with E-state index in [1.54, 1.807) is 12.3 Å². The van der Waals surface area contributed by atoms with Gasteiger partial charge in [0.1, 0.15) is 22.2 Å². The number of fused-ring (bicyclic) bond motifs is 1. The van der Waals surface area contributed by atoms with Crippen LogP contribution in [0.25, 0.3) is 10.9 Å². The maximum Gasteiger partial charge on any atom is 0.124 e. The van der Waals surface area contributed by atoms with Crippen molar-refractivity contribution < 1.29 is 0 Å². The van der Waals surface area contributed by atoms with Gasteiger partial charge in [-0.2, -0.15) is 0 Å². The molecular weight excluding hydrogens is 306 g/mol. The molecule has 0 spiro atoms. The Balaban J connectivity index is 2.07. The Labute approximate surface area is 130 Å². The molecule has 0 saturated carbocycles. The van der Waals surface area contributed by atoms with Gasteiger partial charge < -0.3 is 5.73 Å². The number of amidine groups is 1. The fourth-order valence-corrected chi connectivity index (χ4v) is 3.06. The number of pyridine rings is 1. The molecular formula is C14H10ClN5S. The molecule has 2 aromatic heterocycles. The molecule has 0 atom stereocenters. The fraction of sp³-hybridized carbons (Fsp3) is 0. The van der Waals surface area contributed by atoms with Gasteiger partial charge in [-0.1, -0.05) is 29.8 Å². The number of nitrogens with one attached hydrogen (secondary N) is 1. The van der Waals surface area contributed by atoms with Gasteiger partial charge in [-0.25, -0.2) is 15.0 Å². The first-order valence-electron chi connectivity index (χ1n) is 6.03. The predicted molar refractivity (Wildman–Crippen MR) is 83.9 cm³/mol. The van der Waals surface area contributed by atoms with Gasteiger partial charge in [0.05, 0.1) is 10.5 Å². The Bertz CT molecular complexity index is 831. The van der Waals surface area contributed by atoms with Crippen LogP contribution in [-0.2, 0) is 0 Å². The quantitative estimate of drug-likeness (QED) is 0.440. The van der Waals surface area contributed by atoms with Crippen molar-refractivity contribution in [3.63, 3.8) is 0 Å². The van der Waals surface area contributed by atoms with Gasteiger partial charge in [0.2, 0.25) is 0 Å². The van der Waals surface area contributed by atoms with E-state index in [1.165, 1.54) is 18.1 Å². The normalized spacial score (nSPS) is 10.7. The molecule has 0 aliphatic rings. The number of hydrogen-bond donors (Lipinski definition) is 2. The molecule has 0 aliphatic carbocycles. The van der Waals surface area contributed by atoms with Crippen molar-refractivity contribution >= 4 is 40.1 Å². The Morgan fingerprint density at radius 1 is 1.10 bits per heavy atom. The van der Waals surface area contributed by atoms with Crippen molar-refractivity contribution in [1.82, 2.24) is 15.0 Å². The third-order valence-electron chi connectivity index (χ3n) is 2.85. The molecule has 3 rings (SSSR count). The number of rotatable bonds is 3. The molecule has 0 amide bonds. The minimum absolute atomic E-state index is 0.0863. The Kier molecular flexibility index (Phi) is 3.72. The van der Waals surface area contributed by atoms with E-state index in [-0.39, 0.29) is 5.84 Å². The lowest BCUT2D eigenvalue weighted by Crippen LogP contribution is -2.12.